The van der Waals surface area contributed by atoms with Crippen molar-refractivity contribution in [1.29, 1.82) is 0 Å². The van der Waals surface area contributed by atoms with Gasteiger partial charge in [-0.2, -0.15) is 0 Å². The van der Waals surface area contributed by atoms with Gasteiger partial charge in [-0.15, -0.1) is 0 Å². The maximum atomic E-state index is 12.3. The molecule has 3 heterocycles. The molecule has 30 heavy (non-hydrogen) atoms. The number of hydrogen-bond acceptors (Lipinski definition) is 5. The van der Waals surface area contributed by atoms with Gasteiger partial charge in [-0.3, -0.25) is 14.6 Å². The lowest BCUT2D eigenvalue weighted by atomic mass is 10.1. The van der Waals surface area contributed by atoms with Gasteiger partial charge >= 0.3 is 0 Å². The molecule has 2 aromatic heterocycles. The van der Waals surface area contributed by atoms with E-state index < -0.39 is 0 Å². The monoisotopic (exact) mass is 409 g/mol. The highest BCUT2D eigenvalue weighted by molar-refractivity contribution is 5.94. The zero-order valence-electron chi connectivity index (χ0n) is 17.5. The minimum absolute atomic E-state index is 0.0728. The minimum atomic E-state index is -0.0877. The fraction of sp³-hybridized carbons (Fsp3) is 0.478. The molecule has 0 saturated carbocycles. The highest BCUT2D eigenvalue weighted by atomic mass is 16.2. The number of amides is 2. The second-order valence-electron chi connectivity index (χ2n) is 7.62. The van der Waals surface area contributed by atoms with Crippen LogP contribution in [0.15, 0.2) is 42.9 Å². The second-order valence-corrected chi connectivity index (χ2v) is 7.62. The van der Waals surface area contributed by atoms with Crippen LogP contribution in [-0.2, 0) is 0 Å². The maximum Gasteiger partial charge on any atom is 0.252 e. The van der Waals surface area contributed by atoms with E-state index in [0.29, 0.717) is 24.2 Å². The van der Waals surface area contributed by atoms with Gasteiger partial charge in [0.2, 0.25) is 0 Å². The Morgan fingerprint density at radius 2 is 1.50 bits per heavy atom. The van der Waals surface area contributed by atoms with E-state index >= 15 is 0 Å². The summed E-state index contributed by atoms with van der Waals surface area (Å²) in [7, 11) is 0. The van der Waals surface area contributed by atoms with E-state index in [0.717, 1.165) is 44.6 Å². The summed E-state index contributed by atoms with van der Waals surface area (Å²) in [5.74, 6) is 0.800. The lowest BCUT2D eigenvalue weighted by Crippen LogP contribution is -2.30. The summed E-state index contributed by atoms with van der Waals surface area (Å²) in [6, 6.07) is 7.31. The van der Waals surface area contributed by atoms with Crippen molar-refractivity contribution < 1.29 is 9.59 Å². The maximum absolute atomic E-state index is 12.3. The van der Waals surface area contributed by atoms with Gasteiger partial charge in [-0.25, -0.2) is 4.98 Å². The standard InChI is InChI=1S/C23H31N5O2/c29-22(19-9-8-12-24-17-19)25-13-4-1-2-5-14-26-23(30)20-10-11-21(27-18-20)28-15-6-3-7-16-28/h8-12,17-18H,1-7,13-16H2,(H,25,29)(H,26,30). The van der Waals surface area contributed by atoms with Crippen molar-refractivity contribution in [3.8, 4) is 0 Å². The smallest absolute Gasteiger partial charge is 0.252 e. The number of anilines is 1. The molecule has 2 N–H and O–H groups in total. The van der Waals surface area contributed by atoms with Crippen molar-refractivity contribution in [1.82, 2.24) is 20.6 Å². The van der Waals surface area contributed by atoms with Crippen molar-refractivity contribution in [2.24, 2.45) is 0 Å². The Bertz CT molecular complexity index is 789. The van der Waals surface area contributed by atoms with Crippen LogP contribution in [0.5, 0.6) is 0 Å². The molecule has 0 spiro atoms. The number of carbonyl (C=O) groups is 2. The van der Waals surface area contributed by atoms with Crippen LogP contribution < -0.4 is 15.5 Å². The van der Waals surface area contributed by atoms with Crippen molar-refractivity contribution in [2.45, 2.75) is 44.9 Å². The fourth-order valence-electron chi connectivity index (χ4n) is 3.54. The Balaban J connectivity index is 1.25. The Morgan fingerprint density at radius 1 is 0.833 bits per heavy atom. The zero-order valence-corrected chi connectivity index (χ0v) is 17.5. The van der Waals surface area contributed by atoms with Crippen LogP contribution in [-0.4, -0.2) is 48.0 Å². The van der Waals surface area contributed by atoms with Gasteiger partial charge in [0.15, 0.2) is 0 Å². The van der Waals surface area contributed by atoms with Crippen LogP contribution in [0.2, 0.25) is 0 Å². The van der Waals surface area contributed by atoms with Gasteiger partial charge in [0.25, 0.3) is 11.8 Å². The Labute approximate surface area is 178 Å². The van der Waals surface area contributed by atoms with Crippen LogP contribution in [0.4, 0.5) is 5.82 Å². The third-order valence-electron chi connectivity index (χ3n) is 5.29. The van der Waals surface area contributed by atoms with Crippen molar-refractivity contribution >= 4 is 17.6 Å². The van der Waals surface area contributed by atoms with E-state index in [2.05, 4.69) is 25.5 Å². The molecule has 2 amide bonds. The summed E-state index contributed by atoms with van der Waals surface area (Å²) >= 11 is 0. The van der Waals surface area contributed by atoms with Crippen molar-refractivity contribution in [2.75, 3.05) is 31.1 Å². The molecule has 0 atom stereocenters. The number of nitrogens with one attached hydrogen (secondary N) is 2. The predicted molar refractivity (Wildman–Crippen MR) is 118 cm³/mol. The van der Waals surface area contributed by atoms with Crippen LogP contribution in [0.3, 0.4) is 0 Å². The first-order chi connectivity index (χ1) is 14.7. The van der Waals surface area contributed by atoms with E-state index in [1.807, 2.05) is 12.1 Å². The molecular formula is C23H31N5O2. The van der Waals surface area contributed by atoms with Crippen LogP contribution >= 0.6 is 0 Å². The second kappa shape index (κ2) is 11.9. The molecule has 0 aromatic carbocycles. The number of unbranched alkanes of at least 4 members (excludes halogenated alkanes) is 3. The third-order valence-corrected chi connectivity index (χ3v) is 5.29. The quantitative estimate of drug-likeness (QED) is 0.589. The van der Waals surface area contributed by atoms with Gasteiger partial charge in [-0.1, -0.05) is 12.8 Å². The topological polar surface area (TPSA) is 87.2 Å². The Hall–Kier alpha value is -2.96. The summed E-state index contributed by atoms with van der Waals surface area (Å²) in [6.45, 7) is 3.39. The van der Waals surface area contributed by atoms with Crippen molar-refractivity contribution in [3.63, 3.8) is 0 Å². The lowest BCUT2D eigenvalue weighted by molar-refractivity contribution is 0.0943. The van der Waals surface area contributed by atoms with E-state index in [1.54, 1.807) is 30.7 Å². The minimum Gasteiger partial charge on any atom is -0.357 e. The summed E-state index contributed by atoms with van der Waals surface area (Å²) < 4.78 is 0. The lowest BCUT2D eigenvalue weighted by Gasteiger charge is -2.27. The van der Waals surface area contributed by atoms with E-state index in [9.17, 15) is 9.59 Å². The molecule has 1 aliphatic heterocycles. The number of rotatable bonds is 10. The molecule has 1 aliphatic rings. The molecule has 2 aromatic rings. The molecule has 3 rings (SSSR count). The van der Waals surface area contributed by atoms with Crippen LogP contribution in [0.1, 0.15) is 65.7 Å². The first-order valence-electron chi connectivity index (χ1n) is 10.9. The molecule has 1 fully saturated rings. The number of aromatic nitrogens is 2. The molecule has 1 saturated heterocycles. The predicted octanol–water partition coefficient (Wildman–Crippen LogP) is 3.19. The molecular weight excluding hydrogens is 378 g/mol. The highest BCUT2D eigenvalue weighted by Gasteiger charge is 2.13. The molecule has 0 aliphatic carbocycles. The first kappa shape index (κ1) is 21.7. The SMILES string of the molecule is O=C(NCCCCCCNC(=O)c1ccc(N2CCCCC2)nc1)c1cccnc1. The van der Waals surface area contributed by atoms with Gasteiger partial charge in [0, 0.05) is 44.8 Å². The molecule has 7 heteroatoms. The van der Waals surface area contributed by atoms with Crippen LogP contribution in [0, 0.1) is 0 Å². The Kier molecular flexibility index (Phi) is 8.62. The first-order valence-corrected chi connectivity index (χ1v) is 10.9. The largest absolute Gasteiger partial charge is 0.357 e. The molecule has 0 bridgehead atoms. The van der Waals surface area contributed by atoms with E-state index in [4.69, 9.17) is 0 Å². The fourth-order valence-corrected chi connectivity index (χ4v) is 3.54. The van der Waals surface area contributed by atoms with Crippen LogP contribution in [0.25, 0.3) is 0 Å². The third kappa shape index (κ3) is 6.83. The van der Waals surface area contributed by atoms with Crippen molar-refractivity contribution in [3.05, 3.63) is 54.0 Å². The number of hydrogen-bond donors (Lipinski definition) is 2. The number of carbonyl (C=O) groups excluding carboxylic acids is 2. The average molecular weight is 410 g/mol. The summed E-state index contributed by atoms with van der Waals surface area (Å²) in [4.78, 5) is 34.8. The van der Waals surface area contributed by atoms with Gasteiger partial charge in [0.05, 0.1) is 11.1 Å². The molecule has 7 nitrogen and oxygen atoms in total. The van der Waals surface area contributed by atoms with Gasteiger partial charge < -0.3 is 15.5 Å². The Morgan fingerprint density at radius 3 is 2.07 bits per heavy atom. The summed E-state index contributed by atoms with van der Waals surface area (Å²) in [5.41, 5.74) is 1.19. The number of nitrogens with zero attached hydrogens (tertiary/aromatic N) is 3. The normalized spacial score (nSPS) is 13.7. The average Bonchev–Trinajstić information content (AvgIpc) is 2.81. The van der Waals surface area contributed by atoms with E-state index in [1.165, 1.54) is 19.3 Å². The number of pyridine rings is 2. The molecule has 0 unspecified atom stereocenters. The highest BCUT2D eigenvalue weighted by Crippen LogP contribution is 2.17. The zero-order chi connectivity index (χ0) is 21.0. The van der Waals surface area contributed by atoms with Gasteiger partial charge in [0.1, 0.15) is 5.82 Å². The van der Waals surface area contributed by atoms with E-state index in [-0.39, 0.29) is 11.8 Å². The molecule has 160 valence electrons. The number of piperidine rings is 1. The summed E-state index contributed by atoms with van der Waals surface area (Å²) in [6.07, 6.45) is 12.4. The summed E-state index contributed by atoms with van der Waals surface area (Å²) in [5, 5.41) is 5.86. The van der Waals surface area contributed by atoms with Gasteiger partial charge in [-0.05, 0) is 56.4 Å². The molecule has 0 radical (unpaired) electrons.